The summed E-state index contributed by atoms with van der Waals surface area (Å²) in [6.45, 7) is 3.66. The van der Waals surface area contributed by atoms with Gasteiger partial charge in [-0.25, -0.2) is 8.42 Å². The predicted molar refractivity (Wildman–Crippen MR) is 155 cm³/mol. The van der Waals surface area contributed by atoms with E-state index in [1.807, 2.05) is 42.2 Å². The Bertz CT molecular complexity index is 1490. The Hall–Kier alpha value is -2.68. The standard InChI is InChI=1S/C29H29BrN2O3S2/c1-2-32(37(34,35)26-11-8-24(30)9-12-26)25-10-13-27-23(19-25)20-28(36-27)29(33)31-16-14-22(15-17-31)18-21-6-4-3-5-7-21/h3-13,19-20,22H,2,14-18H2,1H3. The minimum atomic E-state index is -3.70. The van der Waals surface area contributed by atoms with E-state index in [2.05, 4.69) is 40.2 Å². The number of thiophene rings is 1. The third-order valence-electron chi connectivity index (χ3n) is 6.96. The van der Waals surface area contributed by atoms with Gasteiger partial charge in [0.15, 0.2) is 0 Å². The van der Waals surface area contributed by atoms with Gasteiger partial charge in [0.1, 0.15) is 0 Å². The zero-order valence-electron chi connectivity index (χ0n) is 20.6. The van der Waals surface area contributed by atoms with E-state index >= 15 is 0 Å². The molecule has 0 atom stereocenters. The maximum absolute atomic E-state index is 13.3. The predicted octanol–water partition coefficient (Wildman–Crippen LogP) is 6.97. The first-order chi connectivity index (χ1) is 17.8. The van der Waals surface area contributed by atoms with Crippen LogP contribution < -0.4 is 4.31 Å². The van der Waals surface area contributed by atoms with Crippen LogP contribution in [0, 0.1) is 5.92 Å². The number of amides is 1. The number of rotatable bonds is 7. The van der Waals surface area contributed by atoms with Crippen molar-refractivity contribution < 1.29 is 13.2 Å². The molecule has 8 heteroatoms. The van der Waals surface area contributed by atoms with Crippen LogP contribution in [0.25, 0.3) is 10.1 Å². The molecule has 37 heavy (non-hydrogen) atoms. The molecule has 1 aliphatic rings. The second-order valence-corrected chi connectivity index (χ2v) is 13.2. The van der Waals surface area contributed by atoms with Crippen molar-refractivity contribution in [3.8, 4) is 0 Å². The molecule has 4 aromatic rings. The van der Waals surface area contributed by atoms with Gasteiger partial charge in [-0.3, -0.25) is 9.10 Å². The van der Waals surface area contributed by atoms with E-state index in [-0.39, 0.29) is 10.8 Å². The van der Waals surface area contributed by atoms with E-state index in [0.29, 0.717) is 23.0 Å². The summed E-state index contributed by atoms with van der Waals surface area (Å²) in [5.74, 6) is 0.667. The number of nitrogens with zero attached hydrogens (tertiary/aromatic N) is 2. The van der Waals surface area contributed by atoms with Crippen LogP contribution in [0.4, 0.5) is 5.69 Å². The second kappa shape index (κ2) is 11.0. The van der Waals surface area contributed by atoms with Crippen LogP contribution in [0.15, 0.2) is 88.2 Å². The van der Waals surface area contributed by atoms with Crippen LogP contribution in [0.1, 0.15) is 35.0 Å². The van der Waals surface area contributed by atoms with Gasteiger partial charge in [0.25, 0.3) is 15.9 Å². The Morgan fingerprint density at radius 2 is 1.70 bits per heavy atom. The Kier molecular flexibility index (Phi) is 7.70. The minimum absolute atomic E-state index is 0.0655. The fourth-order valence-electron chi connectivity index (χ4n) is 4.96. The highest BCUT2D eigenvalue weighted by Gasteiger charge is 2.26. The summed E-state index contributed by atoms with van der Waals surface area (Å²) in [7, 11) is -3.70. The van der Waals surface area contributed by atoms with Crippen LogP contribution in [-0.4, -0.2) is 38.9 Å². The summed E-state index contributed by atoms with van der Waals surface area (Å²) in [5.41, 5.74) is 1.95. The van der Waals surface area contributed by atoms with Crippen molar-refractivity contribution in [2.24, 2.45) is 5.92 Å². The fourth-order valence-corrected chi connectivity index (χ4v) is 7.70. The van der Waals surface area contributed by atoms with E-state index < -0.39 is 10.0 Å². The fraction of sp³-hybridized carbons (Fsp3) is 0.276. The lowest BCUT2D eigenvalue weighted by Crippen LogP contribution is -2.38. The Morgan fingerprint density at radius 1 is 1.00 bits per heavy atom. The summed E-state index contributed by atoms with van der Waals surface area (Å²) in [6, 6.07) is 24.7. The molecule has 192 valence electrons. The molecular weight excluding hydrogens is 568 g/mol. The van der Waals surface area contributed by atoms with Crippen LogP contribution >= 0.6 is 27.3 Å². The summed E-state index contributed by atoms with van der Waals surface area (Å²) < 4.78 is 29.9. The molecule has 5 rings (SSSR count). The van der Waals surface area contributed by atoms with Gasteiger partial charge in [-0.1, -0.05) is 46.3 Å². The number of carbonyl (C=O) groups is 1. The molecule has 0 spiro atoms. The van der Waals surface area contributed by atoms with Crippen molar-refractivity contribution in [2.45, 2.75) is 31.1 Å². The van der Waals surface area contributed by atoms with E-state index in [9.17, 15) is 13.2 Å². The molecule has 5 nitrogen and oxygen atoms in total. The van der Waals surface area contributed by atoms with Crippen molar-refractivity contribution >= 4 is 59.0 Å². The lowest BCUT2D eigenvalue weighted by atomic mass is 9.90. The van der Waals surface area contributed by atoms with E-state index in [1.54, 1.807) is 24.3 Å². The van der Waals surface area contributed by atoms with Gasteiger partial charge in [-0.05, 0) is 91.6 Å². The molecule has 0 N–H and O–H groups in total. The zero-order valence-corrected chi connectivity index (χ0v) is 23.9. The third kappa shape index (κ3) is 5.61. The van der Waals surface area contributed by atoms with E-state index in [4.69, 9.17) is 0 Å². The maximum Gasteiger partial charge on any atom is 0.264 e. The largest absolute Gasteiger partial charge is 0.338 e. The molecule has 0 aliphatic carbocycles. The number of halogens is 1. The molecule has 1 amide bonds. The summed E-state index contributed by atoms with van der Waals surface area (Å²) >= 11 is 4.83. The number of hydrogen-bond acceptors (Lipinski definition) is 4. The van der Waals surface area contributed by atoms with Crippen molar-refractivity contribution in [3.63, 3.8) is 0 Å². The topological polar surface area (TPSA) is 57.7 Å². The minimum Gasteiger partial charge on any atom is -0.338 e. The van der Waals surface area contributed by atoms with E-state index in [0.717, 1.165) is 46.9 Å². The number of hydrogen-bond donors (Lipinski definition) is 0. The monoisotopic (exact) mass is 596 g/mol. The molecule has 3 aromatic carbocycles. The maximum atomic E-state index is 13.3. The summed E-state index contributed by atoms with van der Waals surface area (Å²) in [6.07, 6.45) is 3.08. The number of piperidine rings is 1. The highest BCUT2D eigenvalue weighted by atomic mass is 79.9. The first-order valence-electron chi connectivity index (χ1n) is 12.5. The molecule has 0 radical (unpaired) electrons. The van der Waals surface area contributed by atoms with Gasteiger partial charge in [0.05, 0.1) is 15.5 Å². The molecule has 1 aromatic heterocycles. The van der Waals surface area contributed by atoms with Gasteiger partial charge in [0, 0.05) is 28.8 Å². The van der Waals surface area contributed by atoms with Crippen molar-refractivity contribution in [1.82, 2.24) is 4.90 Å². The second-order valence-electron chi connectivity index (χ2n) is 9.38. The van der Waals surface area contributed by atoms with Gasteiger partial charge in [-0.2, -0.15) is 0 Å². The number of likely N-dealkylation sites (tertiary alicyclic amines) is 1. The SMILES string of the molecule is CCN(c1ccc2sc(C(=O)N3CCC(Cc4ccccc4)CC3)cc2c1)S(=O)(=O)c1ccc(Br)cc1. The van der Waals surface area contributed by atoms with Crippen LogP contribution in [0.3, 0.4) is 0 Å². The van der Waals surface area contributed by atoms with Gasteiger partial charge >= 0.3 is 0 Å². The van der Waals surface area contributed by atoms with Crippen molar-refractivity contribution in [2.75, 3.05) is 23.9 Å². The molecule has 1 fully saturated rings. The van der Waals surface area contributed by atoms with Gasteiger partial charge in [-0.15, -0.1) is 11.3 Å². The smallest absolute Gasteiger partial charge is 0.264 e. The first-order valence-corrected chi connectivity index (χ1v) is 15.5. The molecule has 1 saturated heterocycles. The first kappa shape index (κ1) is 25.9. The van der Waals surface area contributed by atoms with Crippen LogP contribution in [0.5, 0.6) is 0 Å². The zero-order chi connectivity index (χ0) is 26.0. The highest BCUT2D eigenvalue weighted by molar-refractivity contribution is 9.10. The van der Waals surface area contributed by atoms with Crippen LogP contribution in [0.2, 0.25) is 0 Å². The highest BCUT2D eigenvalue weighted by Crippen LogP contribution is 2.33. The molecule has 0 bridgehead atoms. The molecule has 2 heterocycles. The lowest BCUT2D eigenvalue weighted by Gasteiger charge is -2.31. The summed E-state index contributed by atoms with van der Waals surface area (Å²) in [4.78, 5) is 16.2. The van der Waals surface area contributed by atoms with Crippen LogP contribution in [-0.2, 0) is 16.4 Å². The number of sulfonamides is 1. The molecule has 1 aliphatic heterocycles. The Morgan fingerprint density at radius 3 is 2.38 bits per heavy atom. The normalized spacial score (nSPS) is 14.7. The average molecular weight is 598 g/mol. The number of fused-ring (bicyclic) bond motifs is 1. The lowest BCUT2D eigenvalue weighted by molar-refractivity contribution is 0.0695. The quantitative estimate of drug-likeness (QED) is 0.231. The van der Waals surface area contributed by atoms with E-state index in [1.165, 1.54) is 21.2 Å². The summed E-state index contributed by atoms with van der Waals surface area (Å²) in [5, 5.41) is 0.884. The number of benzene rings is 3. The molecule has 0 saturated carbocycles. The molecule has 0 unspecified atom stereocenters. The third-order valence-corrected chi connectivity index (χ3v) is 10.5. The number of anilines is 1. The van der Waals surface area contributed by atoms with Crippen molar-refractivity contribution in [3.05, 3.63) is 93.8 Å². The van der Waals surface area contributed by atoms with Crippen molar-refractivity contribution in [1.29, 1.82) is 0 Å². The Balaban J connectivity index is 1.30. The van der Waals surface area contributed by atoms with Gasteiger partial charge in [0.2, 0.25) is 0 Å². The average Bonchev–Trinajstić information content (AvgIpc) is 3.33. The Labute approximate surface area is 230 Å². The molecular formula is C29H29BrN2O3S2. The number of carbonyl (C=O) groups excluding carboxylic acids is 1. The van der Waals surface area contributed by atoms with Gasteiger partial charge < -0.3 is 4.90 Å².